The molecule has 0 aliphatic heterocycles. The first kappa shape index (κ1) is 10.6. The molecule has 0 aliphatic rings. The molecule has 0 unspecified atom stereocenters. The van der Waals surface area contributed by atoms with Crippen LogP contribution in [0.3, 0.4) is 0 Å². The smallest absolute Gasteiger partial charge is 0.304 e. The summed E-state index contributed by atoms with van der Waals surface area (Å²) in [6.07, 6.45) is 0. The predicted molar refractivity (Wildman–Crippen MR) is 64.5 cm³/mol. The van der Waals surface area contributed by atoms with E-state index < -0.39 is 0 Å². The zero-order valence-corrected chi connectivity index (χ0v) is 10.0. The minimum atomic E-state index is 0.0131. The molecule has 0 bridgehead atoms. The number of hydrogen-bond acceptors (Lipinski definition) is 4. The summed E-state index contributed by atoms with van der Waals surface area (Å²) in [5.74, 6) is 0. The summed E-state index contributed by atoms with van der Waals surface area (Å²) in [5, 5.41) is 7.26. The molecule has 15 heavy (non-hydrogen) atoms. The minimum absolute atomic E-state index is 0.0131. The molecule has 0 radical (unpaired) electrons. The molecule has 80 valence electrons. The molecule has 0 spiro atoms. The second kappa shape index (κ2) is 4.74. The van der Waals surface area contributed by atoms with Gasteiger partial charge in [0.05, 0.1) is 0 Å². The Morgan fingerprint density at radius 3 is 2.87 bits per heavy atom. The van der Waals surface area contributed by atoms with Crippen LogP contribution in [0, 0.1) is 6.92 Å². The first-order chi connectivity index (χ1) is 7.25. The molecule has 2 rings (SSSR count). The van der Waals surface area contributed by atoms with E-state index >= 15 is 0 Å². The Labute approximate surface area is 95.8 Å². The van der Waals surface area contributed by atoms with Crippen LogP contribution in [-0.4, -0.2) is 4.98 Å². The number of aromatic nitrogens is 1. The van der Waals surface area contributed by atoms with Crippen LogP contribution in [0.25, 0.3) is 0 Å². The number of nitrogens with one attached hydrogen (secondary N) is 2. The Balaban J connectivity index is 1.85. The van der Waals surface area contributed by atoms with Crippen molar-refractivity contribution in [2.75, 3.05) is 0 Å². The second-order valence-corrected chi connectivity index (χ2v) is 5.15. The topological polar surface area (TPSA) is 44.9 Å². The number of aromatic amines is 1. The van der Waals surface area contributed by atoms with Crippen molar-refractivity contribution < 1.29 is 0 Å². The highest BCUT2D eigenvalue weighted by Crippen LogP contribution is 2.14. The van der Waals surface area contributed by atoms with Gasteiger partial charge in [-0.2, -0.15) is 0 Å². The lowest BCUT2D eigenvalue weighted by molar-refractivity contribution is 0.686. The average molecular weight is 240 g/mol. The summed E-state index contributed by atoms with van der Waals surface area (Å²) >= 11 is 2.97. The van der Waals surface area contributed by atoms with Crippen LogP contribution in [0.5, 0.6) is 0 Å². The predicted octanol–water partition coefficient (Wildman–Crippen LogP) is 2.10. The minimum Gasteiger partial charge on any atom is -0.315 e. The fourth-order valence-electron chi connectivity index (χ4n) is 1.30. The Morgan fingerprint density at radius 2 is 2.27 bits per heavy atom. The quantitative estimate of drug-likeness (QED) is 0.859. The normalized spacial score (nSPS) is 10.7. The number of thiophene rings is 1. The van der Waals surface area contributed by atoms with Gasteiger partial charge in [-0.1, -0.05) is 11.3 Å². The Bertz CT molecular complexity index is 483. The van der Waals surface area contributed by atoms with E-state index in [0.29, 0.717) is 0 Å². The van der Waals surface area contributed by atoms with E-state index in [1.54, 1.807) is 11.3 Å². The zero-order chi connectivity index (χ0) is 10.7. The van der Waals surface area contributed by atoms with E-state index in [1.807, 2.05) is 5.38 Å². The molecule has 0 aliphatic carbocycles. The van der Waals surface area contributed by atoms with Crippen LogP contribution in [-0.2, 0) is 13.1 Å². The van der Waals surface area contributed by atoms with Crippen molar-refractivity contribution in [2.45, 2.75) is 20.0 Å². The lowest BCUT2D eigenvalue weighted by atomic mass is 10.3. The van der Waals surface area contributed by atoms with Gasteiger partial charge in [0.15, 0.2) is 0 Å². The highest BCUT2D eigenvalue weighted by atomic mass is 32.1. The maximum Gasteiger partial charge on any atom is 0.304 e. The van der Waals surface area contributed by atoms with Gasteiger partial charge in [0.25, 0.3) is 0 Å². The van der Waals surface area contributed by atoms with Gasteiger partial charge in [-0.25, -0.2) is 0 Å². The van der Waals surface area contributed by atoms with Gasteiger partial charge in [-0.15, -0.1) is 11.3 Å². The number of thiazole rings is 1. The lowest BCUT2D eigenvalue weighted by Crippen LogP contribution is -2.13. The van der Waals surface area contributed by atoms with Crippen LogP contribution in [0.15, 0.2) is 21.6 Å². The molecule has 0 saturated carbocycles. The SMILES string of the molecule is Cc1ccsc1CNCc1csc(=O)[nH]1. The summed E-state index contributed by atoms with van der Waals surface area (Å²) in [6.45, 7) is 3.69. The number of aryl methyl sites for hydroxylation is 1. The maximum atomic E-state index is 10.9. The first-order valence-corrected chi connectivity index (χ1v) is 6.42. The van der Waals surface area contributed by atoms with Crippen molar-refractivity contribution in [1.82, 2.24) is 10.3 Å². The van der Waals surface area contributed by atoms with Crippen molar-refractivity contribution in [2.24, 2.45) is 0 Å². The van der Waals surface area contributed by atoms with Crippen molar-refractivity contribution in [3.8, 4) is 0 Å². The zero-order valence-electron chi connectivity index (χ0n) is 8.37. The molecule has 0 fully saturated rings. The molecule has 2 aromatic heterocycles. The van der Waals surface area contributed by atoms with Crippen LogP contribution in [0.4, 0.5) is 0 Å². The van der Waals surface area contributed by atoms with E-state index in [1.165, 1.54) is 21.8 Å². The van der Waals surface area contributed by atoms with Crippen molar-refractivity contribution >= 4 is 22.7 Å². The Morgan fingerprint density at radius 1 is 1.40 bits per heavy atom. The van der Waals surface area contributed by atoms with Crippen molar-refractivity contribution in [1.29, 1.82) is 0 Å². The van der Waals surface area contributed by atoms with Gasteiger partial charge in [-0.05, 0) is 23.9 Å². The highest BCUT2D eigenvalue weighted by Gasteiger charge is 2.00. The van der Waals surface area contributed by atoms with Gasteiger partial charge >= 0.3 is 4.87 Å². The molecule has 0 amide bonds. The first-order valence-electron chi connectivity index (χ1n) is 4.66. The van der Waals surface area contributed by atoms with Crippen LogP contribution >= 0.6 is 22.7 Å². The van der Waals surface area contributed by atoms with Crippen LogP contribution in [0.2, 0.25) is 0 Å². The van der Waals surface area contributed by atoms with E-state index in [-0.39, 0.29) is 4.87 Å². The molecule has 0 atom stereocenters. The standard InChI is InChI=1S/C10H12N2OS2/c1-7-2-3-14-9(7)5-11-4-8-6-15-10(13)12-8/h2-3,6,11H,4-5H2,1H3,(H,12,13). The molecule has 3 nitrogen and oxygen atoms in total. The third-order valence-electron chi connectivity index (χ3n) is 2.14. The summed E-state index contributed by atoms with van der Waals surface area (Å²) in [4.78, 5) is 15.0. The molecular formula is C10H12N2OS2. The summed E-state index contributed by atoms with van der Waals surface area (Å²) in [5.41, 5.74) is 2.28. The van der Waals surface area contributed by atoms with Gasteiger partial charge in [0.2, 0.25) is 0 Å². The van der Waals surface area contributed by atoms with E-state index in [9.17, 15) is 4.79 Å². The largest absolute Gasteiger partial charge is 0.315 e. The molecule has 2 N–H and O–H groups in total. The third kappa shape index (κ3) is 2.77. The fourth-order valence-corrected chi connectivity index (χ4v) is 2.75. The van der Waals surface area contributed by atoms with Gasteiger partial charge in [0, 0.05) is 29.0 Å². The van der Waals surface area contributed by atoms with E-state index in [2.05, 4.69) is 28.7 Å². The number of H-pyrrole nitrogens is 1. The summed E-state index contributed by atoms with van der Waals surface area (Å²) in [6, 6.07) is 2.12. The lowest BCUT2D eigenvalue weighted by Gasteiger charge is -2.01. The van der Waals surface area contributed by atoms with E-state index in [0.717, 1.165) is 18.8 Å². The number of hydrogen-bond donors (Lipinski definition) is 2. The second-order valence-electron chi connectivity index (χ2n) is 3.30. The molecule has 0 aromatic carbocycles. The molecule has 2 heterocycles. The monoisotopic (exact) mass is 240 g/mol. The van der Waals surface area contributed by atoms with E-state index in [4.69, 9.17) is 0 Å². The van der Waals surface area contributed by atoms with Crippen LogP contribution < -0.4 is 10.2 Å². The van der Waals surface area contributed by atoms with Crippen molar-refractivity contribution in [3.05, 3.63) is 42.6 Å². The summed E-state index contributed by atoms with van der Waals surface area (Å²) < 4.78 is 0. The molecular weight excluding hydrogens is 228 g/mol. The van der Waals surface area contributed by atoms with Gasteiger partial charge in [0.1, 0.15) is 0 Å². The Kier molecular flexibility index (Phi) is 3.35. The maximum absolute atomic E-state index is 10.9. The highest BCUT2D eigenvalue weighted by molar-refractivity contribution is 7.10. The molecule has 0 saturated heterocycles. The Hall–Kier alpha value is -0.910. The number of rotatable bonds is 4. The van der Waals surface area contributed by atoms with Crippen LogP contribution in [0.1, 0.15) is 16.1 Å². The molecule has 2 aromatic rings. The van der Waals surface area contributed by atoms with Gasteiger partial charge < -0.3 is 10.3 Å². The summed E-state index contributed by atoms with van der Waals surface area (Å²) in [7, 11) is 0. The molecule has 5 heteroatoms. The van der Waals surface area contributed by atoms with Gasteiger partial charge in [-0.3, -0.25) is 4.79 Å². The third-order valence-corrected chi connectivity index (χ3v) is 3.88. The van der Waals surface area contributed by atoms with Crippen molar-refractivity contribution in [3.63, 3.8) is 0 Å². The fraction of sp³-hybridized carbons (Fsp3) is 0.300. The average Bonchev–Trinajstić information content (AvgIpc) is 2.77.